The minimum absolute atomic E-state index is 0.395. The first-order chi connectivity index (χ1) is 8.75. The molecule has 0 aliphatic carbocycles. The van der Waals surface area contributed by atoms with E-state index < -0.39 is 0 Å². The maximum atomic E-state index is 5.89. The number of rotatable bonds is 6. The average molecular weight is 247 g/mol. The van der Waals surface area contributed by atoms with Crippen molar-refractivity contribution in [2.45, 2.75) is 32.8 Å². The van der Waals surface area contributed by atoms with Crippen LogP contribution in [-0.2, 0) is 11.2 Å². The first kappa shape index (κ1) is 13.6. The third-order valence-corrected chi connectivity index (χ3v) is 3.59. The minimum atomic E-state index is 0.395. The summed E-state index contributed by atoms with van der Waals surface area (Å²) in [7, 11) is 0. The van der Waals surface area contributed by atoms with Crippen molar-refractivity contribution in [3.05, 3.63) is 35.9 Å². The van der Waals surface area contributed by atoms with Crippen LogP contribution in [0.3, 0.4) is 0 Å². The van der Waals surface area contributed by atoms with Crippen molar-refractivity contribution in [2.24, 2.45) is 11.8 Å². The predicted molar refractivity (Wildman–Crippen MR) is 75.7 cm³/mol. The Morgan fingerprint density at radius 1 is 1.28 bits per heavy atom. The van der Waals surface area contributed by atoms with Gasteiger partial charge in [-0.2, -0.15) is 0 Å². The normalized spacial score (nSPS) is 23.7. The standard InChI is InChI=1S/C16H25NO/c1-13(2)11-17-12-15-8-9-18-16(15)10-14-6-4-3-5-7-14/h3-7,13,15-17H,8-12H2,1-2H3. The minimum Gasteiger partial charge on any atom is -0.378 e. The van der Waals surface area contributed by atoms with Gasteiger partial charge in [-0.1, -0.05) is 44.2 Å². The molecule has 1 saturated heterocycles. The molecule has 1 fully saturated rings. The summed E-state index contributed by atoms with van der Waals surface area (Å²) in [6, 6.07) is 10.7. The highest BCUT2D eigenvalue weighted by Gasteiger charge is 2.27. The fraction of sp³-hybridized carbons (Fsp3) is 0.625. The topological polar surface area (TPSA) is 21.3 Å². The Morgan fingerprint density at radius 2 is 2.06 bits per heavy atom. The Morgan fingerprint density at radius 3 is 2.78 bits per heavy atom. The molecule has 1 aliphatic rings. The lowest BCUT2D eigenvalue weighted by atomic mass is 9.95. The first-order valence-electron chi connectivity index (χ1n) is 7.12. The number of nitrogens with one attached hydrogen (secondary N) is 1. The Kier molecular flexibility index (Phi) is 5.21. The second-order valence-electron chi connectivity index (χ2n) is 5.70. The molecule has 0 bridgehead atoms. The van der Waals surface area contributed by atoms with Crippen LogP contribution < -0.4 is 5.32 Å². The monoisotopic (exact) mass is 247 g/mol. The second-order valence-corrected chi connectivity index (χ2v) is 5.70. The van der Waals surface area contributed by atoms with Crippen LogP contribution in [0.15, 0.2) is 30.3 Å². The Bertz CT molecular complexity index is 336. The zero-order valence-electron chi connectivity index (χ0n) is 11.6. The number of hydrogen-bond acceptors (Lipinski definition) is 2. The molecule has 2 unspecified atom stereocenters. The van der Waals surface area contributed by atoms with Crippen molar-refractivity contribution in [1.29, 1.82) is 0 Å². The zero-order chi connectivity index (χ0) is 12.8. The maximum absolute atomic E-state index is 5.89. The summed E-state index contributed by atoms with van der Waals surface area (Å²) in [4.78, 5) is 0. The Labute approximate surface area is 111 Å². The number of benzene rings is 1. The second kappa shape index (κ2) is 6.91. The Hall–Kier alpha value is -0.860. The van der Waals surface area contributed by atoms with Crippen LogP contribution in [0.25, 0.3) is 0 Å². The van der Waals surface area contributed by atoms with Crippen LogP contribution in [-0.4, -0.2) is 25.8 Å². The van der Waals surface area contributed by atoms with E-state index in [1.54, 1.807) is 0 Å². The van der Waals surface area contributed by atoms with Gasteiger partial charge >= 0.3 is 0 Å². The molecule has 1 aliphatic heterocycles. The lowest BCUT2D eigenvalue weighted by Gasteiger charge is -2.19. The summed E-state index contributed by atoms with van der Waals surface area (Å²) < 4.78 is 5.89. The molecule has 1 aromatic carbocycles. The van der Waals surface area contributed by atoms with Gasteiger partial charge in [-0.25, -0.2) is 0 Å². The zero-order valence-corrected chi connectivity index (χ0v) is 11.6. The van der Waals surface area contributed by atoms with Gasteiger partial charge < -0.3 is 10.1 Å². The van der Waals surface area contributed by atoms with Crippen LogP contribution in [0.2, 0.25) is 0 Å². The van der Waals surface area contributed by atoms with E-state index in [-0.39, 0.29) is 0 Å². The molecule has 0 aromatic heterocycles. The van der Waals surface area contributed by atoms with E-state index in [0.717, 1.165) is 32.0 Å². The van der Waals surface area contributed by atoms with E-state index in [9.17, 15) is 0 Å². The number of ether oxygens (including phenoxy) is 1. The van der Waals surface area contributed by atoms with Crippen molar-refractivity contribution in [3.63, 3.8) is 0 Å². The van der Waals surface area contributed by atoms with Gasteiger partial charge in [0, 0.05) is 19.1 Å². The summed E-state index contributed by atoms with van der Waals surface area (Å²) in [5.74, 6) is 1.39. The summed E-state index contributed by atoms with van der Waals surface area (Å²) in [5.41, 5.74) is 1.39. The molecule has 2 nitrogen and oxygen atoms in total. The highest BCUT2D eigenvalue weighted by Crippen LogP contribution is 2.23. The highest BCUT2D eigenvalue weighted by atomic mass is 16.5. The van der Waals surface area contributed by atoms with E-state index in [2.05, 4.69) is 49.5 Å². The fourth-order valence-corrected chi connectivity index (χ4v) is 2.56. The van der Waals surface area contributed by atoms with E-state index in [1.165, 1.54) is 12.0 Å². The molecular weight excluding hydrogens is 222 g/mol. The lowest BCUT2D eigenvalue weighted by Crippen LogP contribution is -2.31. The van der Waals surface area contributed by atoms with Crippen LogP contribution in [0.4, 0.5) is 0 Å². The van der Waals surface area contributed by atoms with Crippen molar-refractivity contribution in [2.75, 3.05) is 19.7 Å². The van der Waals surface area contributed by atoms with Crippen molar-refractivity contribution in [3.8, 4) is 0 Å². The summed E-state index contributed by atoms with van der Waals surface area (Å²) in [5, 5.41) is 3.56. The molecule has 2 heteroatoms. The smallest absolute Gasteiger partial charge is 0.0656 e. The van der Waals surface area contributed by atoms with Crippen LogP contribution in [0, 0.1) is 11.8 Å². The largest absolute Gasteiger partial charge is 0.378 e. The quantitative estimate of drug-likeness (QED) is 0.834. The molecule has 0 radical (unpaired) electrons. The van der Waals surface area contributed by atoms with Gasteiger partial charge in [0.25, 0.3) is 0 Å². The van der Waals surface area contributed by atoms with Crippen molar-refractivity contribution >= 4 is 0 Å². The van der Waals surface area contributed by atoms with E-state index in [1.807, 2.05) is 0 Å². The third kappa shape index (κ3) is 4.11. The van der Waals surface area contributed by atoms with Crippen LogP contribution in [0.1, 0.15) is 25.8 Å². The molecular formula is C16H25NO. The molecule has 1 N–H and O–H groups in total. The SMILES string of the molecule is CC(C)CNCC1CCOC1Cc1ccccc1. The van der Waals surface area contributed by atoms with Gasteiger partial charge in [0.15, 0.2) is 0 Å². The maximum Gasteiger partial charge on any atom is 0.0656 e. The Balaban J connectivity index is 1.80. The molecule has 2 rings (SSSR count). The average Bonchev–Trinajstić information content (AvgIpc) is 2.78. The van der Waals surface area contributed by atoms with Gasteiger partial charge in [0.1, 0.15) is 0 Å². The first-order valence-corrected chi connectivity index (χ1v) is 7.12. The van der Waals surface area contributed by atoms with E-state index in [0.29, 0.717) is 12.0 Å². The molecule has 0 saturated carbocycles. The van der Waals surface area contributed by atoms with Gasteiger partial charge in [0.2, 0.25) is 0 Å². The molecule has 0 amide bonds. The van der Waals surface area contributed by atoms with Crippen molar-refractivity contribution in [1.82, 2.24) is 5.32 Å². The predicted octanol–water partition coefficient (Wildman–Crippen LogP) is 2.88. The third-order valence-electron chi connectivity index (χ3n) is 3.59. The molecule has 2 atom stereocenters. The summed E-state index contributed by atoms with van der Waals surface area (Å²) in [6.45, 7) is 7.62. The molecule has 1 aromatic rings. The highest BCUT2D eigenvalue weighted by molar-refractivity contribution is 5.16. The van der Waals surface area contributed by atoms with E-state index >= 15 is 0 Å². The van der Waals surface area contributed by atoms with Gasteiger partial charge in [-0.3, -0.25) is 0 Å². The van der Waals surface area contributed by atoms with Gasteiger partial charge in [0.05, 0.1) is 6.10 Å². The lowest BCUT2D eigenvalue weighted by molar-refractivity contribution is 0.0904. The molecule has 0 spiro atoms. The van der Waals surface area contributed by atoms with Crippen LogP contribution >= 0.6 is 0 Å². The molecule has 100 valence electrons. The van der Waals surface area contributed by atoms with E-state index in [4.69, 9.17) is 4.74 Å². The van der Waals surface area contributed by atoms with Crippen molar-refractivity contribution < 1.29 is 4.74 Å². The van der Waals surface area contributed by atoms with Gasteiger partial charge in [-0.05, 0) is 30.9 Å². The molecule has 18 heavy (non-hydrogen) atoms. The van der Waals surface area contributed by atoms with Gasteiger partial charge in [-0.15, -0.1) is 0 Å². The van der Waals surface area contributed by atoms with Crippen LogP contribution in [0.5, 0.6) is 0 Å². The number of hydrogen-bond donors (Lipinski definition) is 1. The fourth-order valence-electron chi connectivity index (χ4n) is 2.56. The summed E-state index contributed by atoms with van der Waals surface area (Å²) >= 11 is 0. The molecule has 1 heterocycles. The summed E-state index contributed by atoms with van der Waals surface area (Å²) in [6.07, 6.45) is 2.64.